The Hall–Kier alpha value is -1.22. The van der Waals surface area contributed by atoms with Crippen molar-refractivity contribution in [1.82, 2.24) is 0 Å². The van der Waals surface area contributed by atoms with Crippen LogP contribution in [-0.4, -0.2) is 18.4 Å². The molecule has 1 atom stereocenters. The molecule has 4 heteroatoms. The van der Waals surface area contributed by atoms with Gasteiger partial charge in [-0.1, -0.05) is 26.8 Å². The van der Waals surface area contributed by atoms with Gasteiger partial charge in [-0.15, -0.1) is 11.6 Å². The summed E-state index contributed by atoms with van der Waals surface area (Å²) in [5.74, 6) is 0.398. The standard InChI is InChI=1S/C14H20ClNO2/c1-9(15)13(17)16-11-8-10(14(2,3)4)6-7-12(11)18-5/h6-9H,1-5H3,(H,16,17). The number of alkyl halides is 1. The lowest BCUT2D eigenvalue weighted by Crippen LogP contribution is -2.21. The monoisotopic (exact) mass is 269 g/mol. The molecule has 3 nitrogen and oxygen atoms in total. The van der Waals surface area contributed by atoms with E-state index in [2.05, 4.69) is 26.1 Å². The Bertz CT molecular complexity index is 436. The first-order chi connectivity index (χ1) is 8.25. The molecule has 0 bridgehead atoms. The van der Waals surface area contributed by atoms with Crippen LogP contribution in [0.4, 0.5) is 5.69 Å². The minimum Gasteiger partial charge on any atom is -0.495 e. The van der Waals surface area contributed by atoms with Crippen molar-refractivity contribution in [2.24, 2.45) is 0 Å². The Labute approximate surface area is 113 Å². The van der Waals surface area contributed by atoms with E-state index in [1.807, 2.05) is 18.2 Å². The van der Waals surface area contributed by atoms with Crippen molar-refractivity contribution >= 4 is 23.2 Å². The number of nitrogens with one attached hydrogen (secondary N) is 1. The normalized spacial score (nSPS) is 13.0. The van der Waals surface area contributed by atoms with Gasteiger partial charge < -0.3 is 10.1 Å². The van der Waals surface area contributed by atoms with Crippen molar-refractivity contribution in [1.29, 1.82) is 0 Å². The molecular formula is C14H20ClNO2. The van der Waals surface area contributed by atoms with E-state index in [0.717, 1.165) is 5.56 Å². The smallest absolute Gasteiger partial charge is 0.242 e. The lowest BCUT2D eigenvalue weighted by atomic mass is 9.87. The Morgan fingerprint density at radius 1 is 1.39 bits per heavy atom. The summed E-state index contributed by atoms with van der Waals surface area (Å²) < 4.78 is 5.24. The Kier molecular flexibility index (Phi) is 4.63. The molecule has 1 rings (SSSR count). The molecule has 1 N–H and O–H groups in total. The summed E-state index contributed by atoms with van der Waals surface area (Å²) >= 11 is 5.75. The zero-order chi connectivity index (χ0) is 13.9. The van der Waals surface area contributed by atoms with E-state index in [4.69, 9.17) is 16.3 Å². The third-order valence-electron chi connectivity index (χ3n) is 2.68. The van der Waals surface area contributed by atoms with Crippen molar-refractivity contribution in [3.8, 4) is 5.75 Å². The second-order valence-electron chi connectivity index (χ2n) is 5.27. The number of carbonyl (C=O) groups is 1. The molecule has 0 aromatic heterocycles. The van der Waals surface area contributed by atoms with Gasteiger partial charge in [0, 0.05) is 0 Å². The Morgan fingerprint density at radius 3 is 2.44 bits per heavy atom. The number of hydrogen-bond acceptors (Lipinski definition) is 2. The minimum absolute atomic E-state index is 0.0122. The van der Waals surface area contributed by atoms with Crippen LogP contribution in [0.25, 0.3) is 0 Å². The molecule has 0 radical (unpaired) electrons. The molecule has 1 aromatic rings. The van der Waals surface area contributed by atoms with E-state index < -0.39 is 5.38 Å². The van der Waals surface area contributed by atoms with E-state index in [9.17, 15) is 4.79 Å². The van der Waals surface area contributed by atoms with E-state index >= 15 is 0 Å². The number of carbonyl (C=O) groups excluding carboxylic acids is 1. The minimum atomic E-state index is -0.576. The first kappa shape index (κ1) is 14.8. The molecule has 1 amide bonds. The lowest BCUT2D eigenvalue weighted by Gasteiger charge is -2.21. The second-order valence-corrected chi connectivity index (χ2v) is 5.92. The van der Waals surface area contributed by atoms with E-state index in [1.54, 1.807) is 14.0 Å². The number of benzene rings is 1. The summed E-state index contributed by atoms with van der Waals surface area (Å²) in [6, 6.07) is 5.78. The molecular weight excluding hydrogens is 250 g/mol. The molecule has 0 saturated heterocycles. The van der Waals surface area contributed by atoms with E-state index in [-0.39, 0.29) is 11.3 Å². The average molecular weight is 270 g/mol. The third kappa shape index (κ3) is 3.64. The molecule has 0 fully saturated rings. The maximum atomic E-state index is 11.6. The summed E-state index contributed by atoms with van der Waals surface area (Å²) in [6.07, 6.45) is 0. The van der Waals surface area contributed by atoms with Gasteiger partial charge in [-0.2, -0.15) is 0 Å². The van der Waals surface area contributed by atoms with Crippen LogP contribution in [0.15, 0.2) is 18.2 Å². The Balaban J connectivity index is 3.11. The van der Waals surface area contributed by atoms with Crippen molar-refractivity contribution < 1.29 is 9.53 Å². The van der Waals surface area contributed by atoms with Crippen molar-refractivity contribution in [3.63, 3.8) is 0 Å². The van der Waals surface area contributed by atoms with Crippen molar-refractivity contribution in [3.05, 3.63) is 23.8 Å². The predicted molar refractivity (Wildman–Crippen MR) is 75.6 cm³/mol. The highest BCUT2D eigenvalue weighted by molar-refractivity contribution is 6.32. The van der Waals surface area contributed by atoms with Gasteiger partial charge in [0.25, 0.3) is 0 Å². The zero-order valence-corrected chi connectivity index (χ0v) is 12.3. The van der Waals surface area contributed by atoms with Crippen molar-refractivity contribution in [2.45, 2.75) is 38.5 Å². The van der Waals surface area contributed by atoms with Crippen LogP contribution >= 0.6 is 11.6 Å². The molecule has 0 saturated carbocycles. The number of anilines is 1. The highest BCUT2D eigenvalue weighted by Gasteiger charge is 2.18. The Morgan fingerprint density at radius 2 is 2.00 bits per heavy atom. The number of methoxy groups -OCH3 is 1. The molecule has 0 heterocycles. The molecule has 18 heavy (non-hydrogen) atoms. The SMILES string of the molecule is COc1ccc(C(C)(C)C)cc1NC(=O)C(C)Cl. The number of amides is 1. The van der Waals surface area contributed by atoms with Crippen LogP contribution in [0.3, 0.4) is 0 Å². The van der Waals surface area contributed by atoms with E-state index in [1.165, 1.54) is 0 Å². The molecule has 100 valence electrons. The molecule has 0 aliphatic heterocycles. The van der Waals surface area contributed by atoms with Crippen molar-refractivity contribution in [2.75, 3.05) is 12.4 Å². The lowest BCUT2D eigenvalue weighted by molar-refractivity contribution is -0.115. The second kappa shape index (κ2) is 5.61. The van der Waals surface area contributed by atoms with Gasteiger partial charge >= 0.3 is 0 Å². The van der Waals surface area contributed by atoms with Crippen LogP contribution < -0.4 is 10.1 Å². The fraction of sp³-hybridized carbons (Fsp3) is 0.500. The number of hydrogen-bond donors (Lipinski definition) is 1. The number of halogens is 1. The fourth-order valence-electron chi connectivity index (χ4n) is 1.50. The first-order valence-corrected chi connectivity index (χ1v) is 6.33. The predicted octanol–water partition coefficient (Wildman–Crippen LogP) is 3.56. The maximum Gasteiger partial charge on any atom is 0.242 e. The zero-order valence-electron chi connectivity index (χ0n) is 11.5. The molecule has 0 spiro atoms. The van der Waals surface area contributed by atoms with Gasteiger partial charge in [0.2, 0.25) is 5.91 Å². The summed E-state index contributed by atoms with van der Waals surface area (Å²) in [5, 5.41) is 2.20. The summed E-state index contributed by atoms with van der Waals surface area (Å²) in [4.78, 5) is 11.6. The average Bonchev–Trinajstić information content (AvgIpc) is 2.27. The highest BCUT2D eigenvalue weighted by Crippen LogP contribution is 2.31. The van der Waals surface area contributed by atoms with Gasteiger partial charge in [-0.05, 0) is 30.0 Å². The largest absolute Gasteiger partial charge is 0.495 e. The van der Waals surface area contributed by atoms with Gasteiger partial charge in [0.05, 0.1) is 12.8 Å². The molecule has 1 unspecified atom stereocenters. The van der Waals surface area contributed by atoms with Crippen LogP contribution in [0, 0.1) is 0 Å². The summed E-state index contributed by atoms with van der Waals surface area (Å²) in [7, 11) is 1.58. The van der Waals surface area contributed by atoms with Crippen LogP contribution in [0.2, 0.25) is 0 Å². The topological polar surface area (TPSA) is 38.3 Å². The summed E-state index contributed by atoms with van der Waals surface area (Å²) in [5.41, 5.74) is 1.79. The van der Waals surface area contributed by atoms with Gasteiger partial charge in [0.15, 0.2) is 0 Å². The van der Waals surface area contributed by atoms with Crippen LogP contribution in [0.5, 0.6) is 5.75 Å². The van der Waals surface area contributed by atoms with Crippen LogP contribution in [0.1, 0.15) is 33.3 Å². The van der Waals surface area contributed by atoms with Gasteiger partial charge in [0.1, 0.15) is 11.1 Å². The van der Waals surface area contributed by atoms with E-state index in [0.29, 0.717) is 11.4 Å². The summed E-state index contributed by atoms with van der Waals surface area (Å²) in [6.45, 7) is 7.98. The number of rotatable bonds is 3. The van der Waals surface area contributed by atoms with Gasteiger partial charge in [-0.3, -0.25) is 4.79 Å². The molecule has 1 aromatic carbocycles. The number of ether oxygens (including phenoxy) is 1. The molecule has 0 aliphatic carbocycles. The quantitative estimate of drug-likeness (QED) is 0.852. The first-order valence-electron chi connectivity index (χ1n) is 5.89. The fourth-order valence-corrected chi connectivity index (χ4v) is 1.56. The highest BCUT2D eigenvalue weighted by atomic mass is 35.5. The molecule has 0 aliphatic rings. The van der Waals surface area contributed by atoms with Crippen LogP contribution in [-0.2, 0) is 10.2 Å². The maximum absolute atomic E-state index is 11.6. The van der Waals surface area contributed by atoms with Gasteiger partial charge in [-0.25, -0.2) is 0 Å². The third-order valence-corrected chi connectivity index (χ3v) is 2.88.